The highest BCUT2D eigenvalue weighted by atomic mass is 16.7. The van der Waals surface area contributed by atoms with Crippen molar-refractivity contribution in [3.8, 4) is 0 Å². The molecule has 4 bridgehead atoms. The summed E-state index contributed by atoms with van der Waals surface area (Å²) in [5, 5.41) is 0. The smallest absolute Gasteiger partial charge is 0.174 e. The molecule has 108 valence electrons. The van der Waals surface area contributed by atoms with Gasteiger partial charge in [0.1, 0.15) is 0 Å². The highest BCUT2D eigenvalue weighted by Crippen LogP contribution is 2.93. The van der Waals surface area contributed by atoms with Crippen LogP contribution in [0.4, 0.5) is 0 Å². The molecule has 7 aliphatic carbocycles. The topological polar surface area (TPSA) is 18.5 Å². The summed E-state index contributed by atoms with van der Waals surface area (Å²) in [7, 11) is 3.78. The van der Waals surface area contributed by atoms with Crippen LogP contribution in [0.25, 0.3) is 0 Å². The second-order valence-corrected chi connectivity index (χ2v) is 8.33. The molecule has 1 aromatic rings. The maximum Gasteiger partial charge on any atom is 0.174 e. The maximum absolute atomic E-state index is 6.11. The van der Waals surface area contributed by atoms with Gasteiger partial charge < -0.3 is 9.47 Å². The molecule has 1 aromatic carbocycles. The Bertz CT molecular complexity index is 638. The summed E-state index contributed by atoms with van der Waals surface area (Å²) in [6, 6.07) is 9.34. The average Bonchev–Trinajstić information content (AvgIpc) is 3.04. The molecule has 2 heteroatoms. The van der Waals surface area contributed by atoms with E-state index in [0.717, 1.165) is 47.3 Å². The minimum absolute atomic E-state index is 0.247. The lowest BCUT2D eigenvalue weighted by molar-refractivity contribution is -0.240. The number of methoxy groups -OCH3 is 2. The van der Waals surface area contributed by atoms with Crippen LogP contribution in [0.5, 0.6) is 0 Å². The molecule has 5 fully saturated rings. The molecule has 0 radical (unpaired) electrons. The van der Waals surface area contributed by atoms with Crippen LogP contribution in [-0.2, 0) is 9.47 Å². The molecular weight excluding hydrogens is 260 g/mol. The van der Waals surface area contributed by atoms with E-state index in [2.05, 4.69) is 24.3 Å². The van der Waals surface area contributed by atoms with Gasteiger partial charge >= 0.3 is 0 Å². The highest BCUT2D eigenvalue weighted by molar-refractivity contribution is 5.53. The predicted octanol–water partition coefficient (Wildman–Crippen LogP) is 2.85. The molecule has 5 saturated carbocycles. The Morgan fingerprint density at radius 3 is 1.62 bits per heavy atom. The van der Waals surface area contributed by atoms with Gasteiger partial charge in [0.05, 0.1) is 0 Å². The number of hydrogen-bond donors (Lipinski definition) is 0. The Morgan fingerprint density at radius 1 is 0.714 bits per heavy atom. The van der Waals surface area contributed by atoms with Gasteiger partial charge in [0.2, 0.25) is 0 Å². The van der Waals surface area contributed by atoms with Crippen LogP contribution in [0, 0.1) is 47.3 Å². The minimum Gasteiger partial charge on any atom is -0.353 e. The van der Waals surface area contributed by atoms with E-state index in [0.29, 0.717) is 11.8 Å². The summed E-state index contributed by atoms with van der Waals surface area (Å²) >= 11 is 0. The van der Waals surface area contributed by atoms with Crippen molar-refractivity contribution in [3.63, 3.8) is 0 Å². The average molecular weight is 280 g/mol. The zero-order valence-electron chi connectivity index (χ0n) is 12.4. The summed E-state index contributed by atoms with van der Waals surface area (Å²) in [5.74, 6) is 8.18. The van der Waals surface area contributed by atoms with E-state index in [1.54, 1.807) is 11.1 Å². The van der Waals surface area contributed by atoms with Crippen LogP contribution >= 0.6 is 0 Å². The van der Waals surface area contributed by atoms with Gasteiger partial charge in [-0.05, 0) is 58.5 Å². The van der Waals surface area contributed by atoms with Crippen molar-refractivity contribution in [2.75, 3.05) is 14.2 Å². The first-order valence-electron chi connectivity index (χ1n) is 8.54. The van der Waals surface area contributed by atoms with E-state index >= 15 is 0 Å². The van der Waals surface area contributed by atoms with Gasteiger partial charge in [-0.1, -0.05) is 24.3 Å². The van der Waals surface area contributed by atoms with Crippen molar-refractivity contribution in [2.45, 2.75) is 17.6 Å². The molecule has 0 spiro atoms. The SMILES string of the molecule is COC1(OC)[C@@H]2[C@@H]3[C@@H]4[C@@H]5c6ccccc6[C@H]6[C@H]4[C@@H]3[C@H]1[C@H]6[C@@H]52. The predicted molar refractivity (Wildman–Crippen MR) is 76.6 cm³/mol. The Morgan fingerprint density at radius 2 is 1.19 bits per heavy atom. The molecule has 2 nitrogen and oxygen atoms in total. The third-order valence-corrected chi connectivity index (χ3v) is 8.82. The molecular formula is C19H20O2. The van der Waals surface area contributed by atoms with Crippen molar-refractivity contribution in [1.29, 1.82) is 0 Å². The highest BCUT2D eigenvalue weighted by Gasteiger charge is 2.92. The normalized spacial score (nSPS) is 60.7. The number of benzene rings is 1. The number of ether oxygens (including phenoxy) is 2. The largest absolute Gasteiger partial charge is 0.353 e. The van der Waals surface area contributed by atoms with Crippen molar-refractivity contribution in [1.82, 2.24) is 0 Å². The summed E-state index contributed by atoms with van der Waals surface area (Å²) in [6.07, 6.45) is 0. The Balaban J connectivity index is 1.56. The molecule has 0 aliphatic heterocycles. The maximum atomic E-state index is 6.11. The third-order valence-electron chi connectivity index (χ3n) is 8.82. The number of rotatable bonds is 2. The van der Waals surface area contributed by atoms with Gasteiger partial charge in [0.25, 0.3) is 0 Å². The lowest BCUT2D eigenvalue weighted by Crippen LogP contribution is -2.48. The van der Waals surface area contributed by atoms with E-state index in [4.69, 9.17) is 9.47 Å². The zero-order chi connectivity index (χ0) is 13.7. The number of hydrogen-bond acceptors (Lipinski definition) is 2. The van der Waals surface area contributed by atoms with Gasteiger partial charge in [-0.25, -0.2) is 0 Å². The molecule has 21 heavy (non-hydrogen) atoms. The first-order chi connectivity index (χ1) is 10.3. The minimum atomic E-state index is -0.247. The fourth-order valence-corrected chi connectivity index (χ4v) is 9.10. The van der Waals surface area contributed by atoms with Crippen LogP contribution in [-0.4, -0.2) is 20.0 Å². The standard InChI is InChI=1S/C19H20O2/c1-20-19(21-2)17-13-9-7-5-3-4-6-8(7)10-12-11(9)15(17)16(12)18(19)14(10)13/h3-6,9-18H,1-2H3/t9-,10-,11+,12+,13+,14+,15-,16+,17+,18-/m0/s1. The third kappa shape index (κ3) is 0.724. The fraction of sp³-hybridized carbons (Fsp3) is 0.684. The van der Waals surface area contributed by atoms with Crippen molar-refractivity contribution in [2.24, 2.45) is 47.3 Å². The lowest BCUT2D eigenvalue weighted by Gasteiger charge is -2.55. The monoisotopic (exact) mass is 280 g/mol. The van der Waals surface area contributed by atoms with Gasteiger partial charge in [-0.2, -0.15) is 0 Å². The summed E-state index contributed by atoms with van der Waals surface area (Å²) < 4.78 is 12.2. The Hall–Kier alpha value is -0.860. The van der Waals surface area contributed by atoms with E-state index in [-0.39, 0.29) is 5.79 Å². The van der Waals surface area contributed by atoms with E-state index in [1.165, 1.54) is 0 Å². The second-order valence-electron chi connectivity index (χ2n) is 8.33. The van der Waals surface area contributed by atoms with E-state index in [1.807, 2.05) is 14.2 Å². The van der Waals surface area contributed by atoms with Gasteiger partial charge in [-0.15, -0.1) is 0 Å². The molecule has 0 heterocycles. The molecule has 0 unspecified atom stereocenters. The molecule has 7 aliphatic rings. The van der Waals surface area contributed by atoms with Gasteiger partial charge in [0, 0.05) is 26.1 Å². The molecule has 0 amide bonds. The van der Waals surface area contributed by atoms with Gasteiger partial charge in [-0.3, -0.25) is 0 Å². The quantitative estimate of drug-likeness (QED) is 0.776. The van der Waals surface area contributed by atoms with Crippen LogP contribution in [0.1, 0.15) is 23.0 Å². The van der Waals surface area contributed by atoms with Crippen LogP contribution in [0.3, 0.4) is 0 Å². The Kier molecular flexibility index (Phi) is 1.46. The first-order valence-corrected chi connectivity index (χ1v) is 8.54. The zero-order valence-corrected chi connectivity index (χ0v) is 12.4. The fourth-order valence-electron chi connectivity index (χ4n) is 9.10. The molecule has 8 rings (SSSR count). The Labute approximate surface area is 124 Å². The molecule has 0 N–H and O–H groups in total. The second kappa shape index (κ2) is 2.83. The molecule has 0 saturated heterocycles. The van der Waals surface area contributed by atoms with Crippen LogP contribution < -0.4 is 0 Å². The molecule has 0 aromatic heterocycles. The molecule has 10 atom stereocenters. The van der Waals surface area contributed by atoms with Gasteiger partial charge in [0.15, 0.2) is 5.79 Å². The van der Waals surface area contributed by atoms with E-state index in [9.17, 15) is 0 Å². The lowest BCUT2D eigenvalue weighted by atomic mass is 9.49. The van der Waals surface area contributed by atoms with Crippen molar-refractivity contribution in [3.05, 3.63) is 35.4 Å². The van der Waals surface area contributed by atoms with Crippen LogP contribution in [0.15, 0.2) is 24.3 Å². The van der Waals surface area contributed by atoms with Crippen molar-refractivity contribution < 1.29 is 9.47 Å². The summed E-state index contributed by atoms with van der Waals surface area (Å²) in [6.45, 7) is 0. The van der Waals surface area contributed by atoms with E-state index < -0.39 is 0 Å². The van der Waals surface area contributed by atoms with Crippen LogP contribution in [0.2, 0.25) is 0 Å². The van der Waals surface area contributed by atoms with Crippen molar-refractivity contribution >= 4 is 0 Å². The first kappa shape index (κ1) is 10.8. The summed E-state index contributed by atoms with van der Waals surface area (Å²) in [4.78, 5) is 0. The summed E-state index contributed by atoms with van der Waals surface area (Å²) in [5.41, 5.74) is 3.39.